The first-order chi connectivity index (χ1) is 14.6. The Hall–Kier alpha value is -3.71. The molecule has 0 aliphatic rings. The van der Waals surface area contributed by atoms with Crippen LogP contribution in [0.2, 0.25) is 0 Å². The molecule has 0 saturated carbocycles. The summed E-state index contributed by atoms with van der Waals surface area (Å²) in [5.41, 5.74) is 5.80. The molecule has 0 spiro atoms. The van der Waals surface area contributed by atoms with Crippen LogP contribution in [0.15, 0.2) is 24.3 Å². The summed E-state index contributed by atoms with van der Waals surface area (Å²) in [4.78, 5) is 58.3. The van der Waals surface area contributed by atoms with E-state index in [1.165, 1.54) is 24.3 Å². The van der Waals surface area contributed by atoms with E-state index >= 15 is 0 Å². The molecule has 0 radical (unpaired) electrons. The van der Waals surface area contributed by atoms with Crippen LogP contribution in [0.25, 0.3) is 0 Å². The number of aliphatic carboxylic acids is 2. The van der Waals surface area contributed by atoms with E-state index in [-0.39, 0.29) is 12.2 Å². The molecule has 3 atom stereocenters. The number of aliphatic hydroxyl groups is 1. The Morgan fingerprint density at radius 3 is 1.90 bits per heavy atom. The van der Waals surface area contributed by atoms with Crippen LogP contribution < -0.4 is 21.7 Å². The van der Waals surface area contributed by atoms with Crippen LogP contribution in [0.5, 0.6) is 5.75 Å². The van der Waals surface area contributed by atoms with E-state index in [2.05, 4.69) is 10.6 Å². The van der Waals surface area contributed by atoms with Gasteiger partial charge in [-0.1, -0.05) is 12.1 Å². The Labute approximate surface area is 176 Å². The van der Waals surface area contributed by atoms with Crippen molar-refractivity contribution in [1.29, 1.82) is 0 Å². The third-order valence-electron chi connectivity index (χ3n) is 4.02. The molecule has 0 aliphatic carbocycles. The number of benzene rings is 1. The first-order valence-corrected chi connectivity index (χ1v) is 9.00. The second-order valence-corrected chi connectivity index (χ2v) is 6.44. The number of carboxylic acid groups (broad SMARTS) is 2. The summed E-state index contributed by atoms with van der Waals surface area (Å²) in [7, 11) is 0. The molecule has 1 aromatic carbocycles. The van der Waals surface area contributed by atoms with E-state index in [1.807, 2.05) is 5.32 Å². The second-order valence-electron chi connectivity index (χ2n) is 6.44. The summed E-state index contributed by atoms with van der Waals surface area (Å²) >= 11 is 0. The molecule has 0 fully saturated rings. The third kappa shape index (κ3) is 8.67. The first-order valence-electron chi connectivity index (χ1n) is 9.00. The van der Waals surface area contributed by atoms with Crippen molar-refractivity contribution in [3.05, 3.63) is 29.8 Å². The molecule has 13 nitrogen and oxygen atoms in total. The number of carboxylic acids is 2. The normalized spacial score (nSPS) is 13.4. The van der Waals surface area contributed by atoms with E-state index in [1.54, 1.807) is 0 Å². The fraction of sp³-hybridized carbons (Fsp3) is 0.389. The molecule has 3 amide bonds. The molecule has 0 heterocycles. The summed E-state index contributed by atoms with van der Waals surface area (Å²) in [5.74, 6) is -5.78. The summed E-state index contributed by atoms with van der Waals surface area (Å²) in [5, 5.41) is 43.0. The number of hydrogen-bond acceptors (Lipinski definition) is 8. The van der Waals surface area contributed by atoms with Crippen molar-refractivity contribution in [2.75, 3.05) is 13.2 Å². The van der Waals surface area contributed by atoms with Gasteiger partial charge in [0.2, 0.25) is 17.7 Å². The number of rotatable bonds is 12. The zero-order valence-electron chi connectivity index (χ0n) is 16.3. The number of aliphatic hydroxyl groups excluding tert-OH is 1. The average Bonchev–Trinajstić information content (AvgIpc) is 2.71. The predicted molar refractivity (Wildman–Crippen MR) is 104 cm³/mol. The molecule has 0 aromatic heterocycles. The highest BCUT2D eigenvalue weighted by atomic mass is 16.4. The summed E-state index contributed by atoms with van der Waals surface area (Å²) in [6, 6.07) is 1.15. The van der Waals surface area contributed by atoms with Crippen molar-refractivity contribution in [3.63, 3.8) is 0 Å². The number of phenols is 1. The Balaban J connectivity index is 2.92. The van der Waals surface area contributed by atoms with Gasteiger partial charge in [-0.3, -0.25) is 19.2 Å². The summed E-state index contributed by atoms with van der Waals surface area (Å²) < 4.78 is 0. The topological polar surface area (TPSA) is 228 Å². The van der Waals surface area contributed by atoms with Crippen molar-refractivity contribution in [2.24, 2.45) is 5.73 Å². The summed E-state index contributed by atoms with van der Waals surface area (Å²) in [6.45, 7) is -1.34. The molecule has 31 heavy (non-hydrogen) atoms. The number of hydrogen-bond donors (Lipinski definition) is 8. The predicted octanol–water partition coefficient (Wildman–Crippen LogP) is -3.10. The highest BCUT2D eigenvalue weighted by Crippen LogP contribution is 2.11. The van der Waals surface area contributed by atoms with Crippen LogP contribution >= 0.6 is 0 Å². The highest BCUT2D eigenvalue weighted by molar-refractivity contribution is 5.94. The molecular weight excluding hydrogens is 416 g/mol. The van der Waals surface area contributed by atoms with Gasteiger partial charge in [0.25, 0.3) is 0 Å². The molecule has 13 heteroatoms. The number of carbonyl (C=O) groups excluding carboxylic acids is 3. The van der Waals surface area contributed by atoms with Gasteiger partial charge in [-0.15, -0.1) is 0 Å². The molecule has 1 aromatic rings. The fourth-order valence-electron chi connectivity index (χ4n) is 2.44. The SMILES string of the molecule is NCC(=O)NC(Cc1ccc(O)cc1)C(=O)NC(CO)C(=O)NC(CC(=O)O)C(=O)O. The van der Waals surface area contributed by atoms with E-state index in [9.17, 15) is 34.2 Å². The van der Waals surface area contributed by atoms with Gasteiger partial charge >= 0.3 is 11.9 Å². The quantitative estimate of drug-likeness (QED) is 0.163. The highest BCUT2D eigenvalue weighted by Gasteiger charge is 2.30. The zero-order valence-corrected chi connectivity index (χ0v) is 16.3. The molecule has 170 valence electrons. The zero-order chi connectivity index (χ0) is 23.6. The fourth-order valence-corrected chi connectivity index (χ4v) is 2.44. The minimum absolute atomic E-state index is 0.0119. The van der Waals surface area contributed by atoms with Gasteiger partial charge in [-0.25, -0.2) is 4.79 Å². The van der Waals surface area contributed by atoms with Gasteiger partial charge in [0.15, 0.2) is 0 Å². The van der Waals surface area contributed by atoms with Gasteiger partial charge in [-0.2, -0.15) is 0 Å². The third-order valence-corrected chi connectivity index (χ3v) is 4.02. The Morgan fingerprint density at radius 1 is 0.871 bits per heavy atom. The molecule has 3 unspecified atom stereocenters. The van der Waals surface area contributed by atoms with Crippen molar-refractivity contribution < 1.29 is 44.4 Å². The first kappa shape index (κ1) is 25.3. The molecular formula is C18H24N4O9. The maximum Gasteiger partial charge on any atom is 0.326 e. The number of nitrogens with one attached hydrogen (secondary N) is 3. The lowest BCUT2D eigenvalue weighted by atomic mass is 10.0. The van der Waals surface area contributed by atoms with Crippen LogP contribution in [0, 0.1) is 0 Å². The van der Waals surface area contributed by atoms with Crippen LogP contribution in [-0.2, 0) is 30.4 Å². The van der Waals surface area contributed by atoms with E-state index in [0.29, 0.717) is 5.56 Å². The van der Waals surface area contributed by atoms with E-state index in [4.69, 9.17) is 15.9 Å². The number of amides is 3. The van der Waals surface area contributed by atoms with Crippen molar-refractivity contribution in [1.82, 2.24) is 16.0 Å². The van der Waals surface area contributed by atoms with Crippen LogP contribution in [0.3, 0.4) is 0 Å². The largest absolute Gasteiger partial charge is 0.508 e. The lowest BCUT2D eigenvalue weighted by molar-refractivity contribution is -0.147. The van der Waals surface area contributed by atoms with Gasteiger partial charge in [0.1, 0.15) is 23.9 Å². The molecule has 9 N–H and O–H groups in total. The smallest absolute Gasteiger partial charge is 0.326 e. The van der Waals surface area contributed by atoms with Gasteiger partial charge in [-0.05, 0) is 17.7 Å². The van der Waals surface area contributed by atoms with Crippen LogP contribution in [0.4, 0.5) is 0 Å². The average molecular weight is 440 g/mol. The van der Waals surface area contributed by atoms with Crippen molar-refractivity contribution in [3.8, 4) is 5.75 Å². The summed E-state index contributed by atoms with van der Waals surface area (Å²) in [6.07, 6.45) is -0.961. The maximum absolute atomic E-state index is 12.6. The Kier molecular flexibility index (Phi) is 9.88. The van der Waals surface area contributed by atoms with Crippen LogP contribution in [0.1, 0.15) is 12.0 Å². The Morgan fingerprint density at radius 2 is 1.42 bits per heavy atom. The van der Waals surface area contributed by atoms with Crippen molar-refractivity contribution in [2.45, 2.75) is 31.0 Å². The van der Waals surface area contributed by atoms with Gasteiger partial charge < -0.3 is 42.1 Å². The van der Waals surface area contributed by atoms with Crippen molar-refractivity contribution >= 4 is 29.7 Å². The molecule has 0 bridgehead atoms. The lowest BCUT2D eigenvalue weighted by Crippen LogP contribution is -2.58. The molecule has 0 aliphatic heterocycles. The van der Waals surface area contributed by atoms with E-state index in [0.717, 1.165) is 0 Å². The van der Waals surface area contributed by atoms with Gasteiger partial charge in [0, 0.05) is 6.42 Å². The minimum atomic E-state index is -1.78. The van der Waals surface area contributed by atoms with Gasteiger partial charge in [0.05, 0.1) is 19.6 Å². The molecule has 1 rings (SSSR count). The standard InChI is InChI=1S/C18H24N4O9/c19-7-14(25)20-11(5-9-1-3-10(24)4-2-9)16(28)22-13(8-23)17(29)21-12(18(30)31)6-15(26)27/h1-4,11-13,23-24H,5-8,19H2,(H,20,25)(H,21,29)(H,22,28)(H,26,27)(H,30,31). The number of phenolic OH excluding ortho intramolecular Hbond substituents is 1. The maximum atomic E-state index is 12.6. The minimum Gasteiger partial charge on any atom is -0.508 e. The number of nitrogens with two attached hydrogens (primary N) is 1. The Bertz CT molecular complexity index is 813. The second kappa shape index (κ2) is 12.1. The van der Waals surface area contributed by atoms with Crippen LogP contribution in [-0.4, -0.2) is 81.4 Å². The monoisotopic (exact) mass is 440 g/mol. The number of carbonyl (C=O) groups is 5. The molecule has 0 saturated heterocycles. The van der Waals surface area contributed by atoms with E-state index < -0.39 is 67.4 Å². The number of aromatic hydroxyl groups is 1. The lowest BCUT2D eigenvalue weighted by Gasteiger charge is -2.23.